The summed E-state index contributed by atoms with van der Waals surface area (Å²) in [7, 11) is 4.38. The summed E-state index contributed by atoms with van der Waals surface area (Å²) in [4.78, 5) is 4.92. The summed E-state index contributed by atoms with van der Waals surface area (Å²) in [5.41, 5.74) is 4.39. The summed E-state index contributed by atoms with van der Waals surface area (Å²) in [6, 6.07) is 6.89. The molecule has 0 saturated heterocycles. The maximum absolute atomic E-state index is 2.55. The molecule has 0 bridgehead atoms. The van der Waals surface area contributed by atoms with E-state index in [2.05, 4.69) is 49.8 Å². The van der Waals surface area contributed by atoms with Gasteiger partial charge in [-0.25, -0.2) is 0 Å². The van der Waals surface area contributed by atoms with Gasteiger partial charge in [-0.1, -0.05) is 24.5 Å². The Kier molecular flexibility index (Phi) is 4.11. The van der Waals surface area contributed by atoms with Crippen LogP contribution in [0.3, 0.4) is 0 Å². The second-order valence-corrected chi connectivity index (χ2v) is 5.12. The van der Waals surface area contributed by atoms with Crippen LogP contribution in [0, 0.1) is 0 Å². The molecular weight excluding hydrogens is 207 g/mol. The average Bonchev–Trinajstić information content (AvgIpc) is 2.35. The second kappa shape index (κ2) is 5.59. The molecule has 0 fully saturated rings. The van der Waals surface area contributed by atoms with Crippen molar-refractivity contribution in [2.45, 2.75) is 19.8 Å². The van der Waals surface area contributed by atoms with E-state index in [4.69, 9.17) is 0 Å². The number of benzene rings is 1. The normalized spacial score (nSPS) is 15.1. The molecule has 0 radical (unpaired) electrons. The van der Waals surface area contributed by atoms with Crippen LogP contribution in [0.5, 0.6) is 0 Å². The van der Waals surface area contributed by atoms with Crippen LogP contribution in [0.1, 0.15) is 18.9 Å². The van der Waals surface area contributed by atoms with Crippen LogP contribution in [-0.2, 0) is 6.42 Å². The fourth-order valence-electron chi connectivity index (χ4n) is 2.49. The highest BCUT2D eigenvalue weighted by atomic mass is 15.2. The van der Waals surface area contributed by atoms with Gasteiger partial charge in [-0.3, -0.25) is 0 Å². The Balaban J connectivity index is 2.06. The average molecular weight is 230 g/mol. The molecule has 1 aromatic rings. The molecule has 0 aliphatic carbocycles. The maximum atomic E-state index is 2.55. The van der Waals surface area contributed by atoms with Gasteiger partial charge in [0.2, 0.25) is 0 Å². The van der Waals surface area contributed by atoms with E-state index < -0.39 is 0 Å². The molecule has 1 aliphatic heterocycles. The van der Waals surface area contributed by atoms with Crippen molar-refractivity contribution in [2.75, 3.05) is 38.1 Å². The molecule has 1 aliphatic rings. The number of anilines is 1. The van der Waals surface area contributed by atoms with E-state index in [0.29, 0.717) is 0 Å². The van der Waals surface area contributed by atoms with E-state index in [-0.39, 0.29) is 0 Å². The van der Waals surface area contributed by atoms with Gasteiger partial charge in [0.1, 0.15) is 7.85 Å². The van der Waals surface area contributed by atoms with Gasteiger partial charge in [-0.15, -0.1) is 0 Å². The fourth-order valence-corrected chi connectivity index (χ4v) is 2.49. The van der Waals surface area contributed by atoms with Gasteiger partial charge >= 0.3 is 0 Å². The van der Waals surface area contributed by atoms with Gasteiger partial charge in [-0.05, 0) is 38.1 Å². The summed E-state index contributed by atoms with van der Waals surface area (Å²) in [6.07, 6.45) is 2.55. The Labute approximate surface area is 106 Å². The lowest BCUT2D eigenvalue weighted by Crippen LogP contribution is -2.36. The Hall–Kier alpha value is -0.955. The molecule has 0 N–H and O–H groups in total. The summed E-state index contributed by atoms with van der Waals surface area (Å²) in [5, 5.41) is 0. The number of aryl methyl sites for hydroxylation is 1. The third kappa shape index (κ3) is 3.03. The Bertz CT molecular complexity index is 378. The first kappa shape index (κ1) is 12.5. The summed E-state index contributed by atoms with van der Waals surface area (Å²) >= 11 is 0. The van der Waals surface area contributed by atoms with Crippen LogP contribution in [0.15, 0.2) is 18.2 Å². The predicted molar refractivity (Wildman–Crippen MR) is 78.3 cm³/mol. The van der Waals surface area contributed by atoms with Gasteiger partial charge in [0.25, 0.3) is 0 Å². The molecule has 0 aromatic heterocycles. The van der Waals surface area contributed by atoms with Crippen LogP contribution >= 0.6 is 0 Å². The lowest BCUT2D eigenvalue weighted by atomic mass is 9.90. The van der Waals surface area contributed by atoms with E-state index in [0.717, 1.165) is 19.6 Å². The Morgan fingerprint density at radius 3 is 3.00 bits per heavy atom. The number of fused-ring (bicyclic) bond motifs is 1. The Morgan fingerprint density at radius 1 is 1.41 bits per heavy atom. The standard InChI is InChI=1S/C14H23BN2/c1-3-16(2)9-10-17-8-4-5-12-11-13(15)6-7-14(12)17/h6-7,11H,3-5,8-10,15H2,1-2H3. The molecule has 2 nitrogen and oxygen atoms in total. The molecule has 0 atom stereocenters. The molecule has 92 valence electrons. The topological polar surface area (TPSA) is 6.48 Å². The van der Waals surface area contributed by atoms with E-state index >= 15 is 0 Å². The number of likely N-dealkylation sites (N-methyl/N-ethyl adjacent to an activating group) is 1. The highest BCUT2D eigenvalue weighted by Crippen LogP contribution is 2.25. The lowest BCUT2D eigenvalue weighted by Gasteiger charge is -2.32. The maximum Gasteiger partial charge on any atom is 0.139 e. The first-order valence-electron chi connectivity index (χ1n) is 6.73. The van der Waals surface area contributed by atoms with E-state index in [1.54, 1.807) is 0 Å². The number of hydrogen-bond acceptors (Lipinski definition) is 2. The van der Waals surface area contributed by atoms with Crippen molar-refractivity contribution >= 4 is 19.0 Å². The minimum Gasteiger partial charge on any atom is -0.370 e. The summed E-state index contributed by atoms with van der Waals surface area (Å²) in [5.74, 6) is 0. The predicted octanol–water partition coefficient (Wildman–Crippen LogP) is 0.649. The van der Waals surface area contributed by atoms with Crippen molar-refractivity contribution in [3.05, 3.63) is 23.8 Å². The van der Waals surface area contributed by atoms with Gasteiger partial charge in [0.15, 0.2) is 0 Å². The van der Waals surface area contributed by atoms with Crippen molar-refractivity contribution in [3.63, 3.8) is 0 Å². The molecule has 0 spiro atoms. The van der Waals surface area contributed by atoms with E-state index in [1.807, 2.05) is 0 Å². The zero-order valence-corrected chi connectivity index (χ0v) is 11.4. The molecule has 0 unspecified atom stereocenters. The van der Waals surface area contributed by atoms with Gasteiger partial charge in [0, 0.05) is 25.3 Å². The second-order valence-electron chi connectivity index (χ2n) is 5.12. The van der Waals surface area contributed by atoms with Gasteiger partial charge < -0.3 is 9.80 Å². The summed E-state index contributed by atoms with van der Waals surface area (Å²) < 4.78 is 0. The monoisotopic (exact) mass is 230 g/mol. The van der Waals surface area contributed by atoms with Crippen LogP contribution in [0.4, 0.5) is 5.69 Å². The number of hydrogen-bond donors (Lipinski definition) is 0. The lowest BCUT2D eigenvalue weighted by molar-refractivity contribution is 0.357. The largest absolute Gasteiger partial charge is 0.370 e. The van der Waals surface area contributed by atoms with E-state index in [9.17, 15) is 0 Å². The molecular formula is C14H23BN2. The molecule has 2 rings (SSSR count). The minimum absolute atomic E-state index is 1.13. The smallest absolute Gasteiger partial charge is 0.139 e. The highest BCUT2D eigenvalue weighted by molar-refractivity contribution is 6.32. The number of rotatable bonds is 4. The first-order chi connectivity index (χ1) is 8.20. The highest BCUT2D eigenvalue weighted by Gasteiger charge is 2.16. The van der Waals surface area contributed by atoms with Crippen molar-refractivity contribution in [1.82, 2.24) is 4.90 Å². The fraction of sp³-hybridized carbons (Fsp3) is 0.571. The van der Waals surface area contributed by atoms with Crippen molar-refractivity contribution < 1.29 is 0 Å². The molecule has 0 saturated carbocycles. The third-order valence-electron chi connectivity index (χ3n) is 3.74. The van der Waals surface area contributed by atoms with E-state index in [1.165, 1.54) is 36.1 Å². The van der Waals surface area contributed by atoms with Gasteiger partial charge in [0.05, 0.1) is 0 Å². The third-order valence-corrected chi connectivity index (χ3v) is 3.74. The summed E-state index contributed by atoms with van der Waals surface area (Å²) in [6.45, 7) is 6.87. The zero-order valence-electron chi connectivity index (χ0n) is 11.4. The SMILES string of the molecule is Bc1ccc2c(c1)CCCN2CCN(C)CC. The van der Waals surface area contributed by atoms with Crippen molar-refractivity contribution in [1.29, 1.82) is 0 Å². The first-order valence-corrected chi connectivity index (χ1v) is 6.73. The molecule has 3 heteroatoms. The number of nitrogens with zero attached hydrogens (tertiary/aromatic N) is 2. The van der Waals surface area contributed by atoms with Gasteiger partial charge in [-0.2, -0.15) is 0 Å². The molecule has 17 heavy (non-hydrogen) atoms. The van der Waals surface area contributed by atoms with Crippen LogP contribution in [0.2, 0.25) is 0 Å². The van der Waals surface area contributed by atoms with Crippen LogP contribution < -0.4 is 10.4 Å². The zero-order chi connectivity index (χ0) is 12.3. The van der Waals surface area contributed by atoms with Crippen LogP contribution in [-0.4, -0.2) is 46.0 Å². The quantitative estimate of drug-likeness (QED) is 0.701. The van der Waals surface area contributed by atoms with Crippen molar-refractivity contribution in [2.24, 2.45) is 0 Å². The van der Waals surface area contributed by atoms with Crippen molar-refractivity contribution in [3.8, 4) is 0 Å². The molecule has 1 aromatic carbocycles. The van der Waals surface area contributed by atoms with Crippen LogP contribution in [0.25, 0.3) is 0 Å². The molecule has 1 heterocycles. The minimum atomic E-state index is 1.13. The Morgan fingerprint density at radius 2 is 2.24 bits per heavy atom. The molecule has 0 amide bonds.